The average Bonchev–Trinajstić information content (AvgIpc) is 3.07. The van der Waals surface area contributed by atoms with Crippen molar-refractivity contribution in [2.45, 2.75) is 25.7 Å². The van der Waals surface area contributed by atoms with Crippen LogP contribution in [-0.2, 0) is 0 Å². The highest BCUT2D eigenvalue weighted by Gasteiger charge is 2.28. The highest BCUT2D eigenvalue weighted by atomic mass is 16.5. The number of likely N-dealkylation sites (tertiary alicyclic amines) is 1. The lowest BCUT2D eigenvalue weighted by Gasteiger charge is -2.30. The molecule has 8 heteroatoms. The van der Waals surface area contributed by atoms with Crippen molar-refractivity contribution in [2.75, 3.05) is 13.1 Å². The minimum absolute atomic E-state index is 0.0795. The van der Waals surface area contributed by atoms with E-state index >= 15 is 0 Å². The Labute approximate surface area is 114 Å². The number of aromatic nitrogens is 4. The molecule has 2 aromatic heterocycles. The molecule has 1 saturated heterocycles. The van der Waals surface area contributed by atoms with Crippen LogP contribution in [0.4, 0.5) is 0 Å². The van der Waals surface area contributed by atoms with Gasteiger partial charge >= 0.3 is 5.69 Å². The van der Waals surface area contributed by atoms with Gasteiger partial charge in [0.25, 0.3) is 5.91 Å². The molecule has 0 radical (unpaired) electrons. The van der Waals surface area contributed by atoms with Crippen LogP contribution in [0.25, 0.3) is 0 Å². The fourth-order valence-corrected chi connectivity index (χ4v) is 2.47. The van der Waals surface area contributed by atoms with E-state index < -0.39 is 0 Å². The first kappa shape index (κ1) is 12.6. The van der Waals surface area contributed by atoms with E-state index in [1.807, 2.05) is 0 Å². The van der Waals surface area contributed by atoms with E-state index in [9.17, 15) is 9.59 Å². The van der Waals surface area contributed by atoms with Crippen LogP contribution in [0.15, 0.2) is 15.5 Å². The van der Waals surface area contributed by atoms with Gasteiger partial charge in [-0.1, -0.05) is 5.16 Å². The number of hydrogen-bond acceptors (Lipinski definition) is 5. The predicted molar refractivity (Wildman–Crippen MR) is 68.3 cm³/mol. The number of aromatic amines is 2. The normalized spacial score (nSPS) is 19.2. The Morgan fingerprint density at radius 2 is 2.40 bits per heavy atom. The minimum atomic E-state index is -0.379. The first-order valence-electron chi connectivity index (χ1n) is 6.50. The second-order valence-corrected chi connectivity index (χ2v) is 4.92. The maximum atomic E-state index is 12.3. The smallest absolute Gasteiger partial charge is 0.323 e. The molecule has 106 valence electrons. The van der Waals surface area contributed by atoms with Gasteiger partial charge in [-0.2, -0.15) is 4.98 Å². The van der Waals surface area contributed by atoms with E-state index in [1.165, 1.54) is 6.20 Å². The van der Waals surface area contributed by atoms with E-state index in [-0.39, 0.29) is 23.2 Å². The van der Waals surface area contributed by atoms with Gasteiger partial charge in [-0.05, 0) is 12.8 Å². The number of nitrogens with one attached hydrogen (secondary N) is 2. The fraction of sp³-hybridized carbons (Fsp3) is 0.500. The molecular weight excluding hydrogens is 262 g/mol. The molecule has 1 atom stereocenters. The number of rotatable bonds is 2. The maximum Gasteiger partial charge on any atom is 0.323 e. The molecule has 1 amide bonds. The van der Waals surface area contributed by atoms with Crippen LogP contribution in [-0.4, -0.2) is 44.0 Å². The molecule has 1 aliphatic heterocycles. The standard InChI is InChI=1S/C12H15N5O3/c1-7-14-10(16-20-7)8-3-2-4-17(6-8)11(18)9-5-13-12(19)15-9/h5,8H,2-4,6H2,1H3,(H2,13,15,19)/t8-/m0/s1. The van der Waals surface area contributed by atoms with E-state index in [0.29, 0.717) is 24.8 Å². The third kappa shape index (κ3) is 2.36. The number of H-pyrrole nitrogens is 2. The van der Waals surface area contributed by atoms with E-state index in [1.54, 1.807) is 11.8 Å². The monoisotopic (exact) mass is 277 g/mol. The van der Waals surface area contributed by atoms with Crippen molar-refractivity contribution in [2.24, 2.45) is 0 Å². The highest BCUT2D eigenvalue weighted by molar-refractivity contribution is 5.92. The number of piperidine rings is 1. The summed E-state index contributed by atoms with van der Waals surface area (Å²) >= 11 is 0. The van der Waals surface area contributed by atoms with Gasteiger partial charge < -0.3 is 19.4 Å². The number of amides is 1. The lowest BCUT2D eigenvalue weighted by molar-refractivity contribution is 0.0698. The lowest BCUT2D eigenvalue weighted by Crippen LogP contribution is -2.39. The molecule has 0 aliphatic carbocycles. The van der Waals surface area contributed by atoms with Crippen molar-refractivity contribution < 1.29 is 9.32 Å². The first-order chi connectivity index (χ1) is 9.63. The Morgan fingerprint density at radius 3 is 3.05 bits per heavy atom. The minimum Gasteiger partial charge on any atom is -0.340 e. The van der Waals surface area contributed by atoms with Gasteiger partial charge in [-0.15, -0.1) is 0 Å². The summed E-state index contributed by atoms with van der Waals surface area (Å²) in [5.41, 5.74) is -0.101. The van der Waals surface area contributed by atoms with Crippen molar-refractivity contribution in [1.29, 1.82) is 0 Å². The molecule has 0 spiro atoms. The van der Waals surface area contributed by atoms with E-state index in [0.717, 1.165) is 12.8 Å². The predicted octanol–water partition coefficient (Wildman–Crippen LogP) is 0.414. The van der Waals surface area contributed by atoms with Crippen molar-refractivity contribution in [1.82, 2.24) is 25.0 Å². The van der Waals surface area contributed by atoms with Crippen LogP contribution in [0, 0.1) is 6.92 Å². The Kier molecular flexibility index (Phi) is 3.13. The van der Waals surface area contributed by atoms with Gasteiger partial charge in [0.05, 0.1) is 0 Å². The molecule has 8 nitrogen and oxygen atoms in total. The summed E-state index contributed by atoms with van der Waals surface area (Å²) in [6, 6.07) is 0. The zero-order valence-corrected chi connectivity index (χ0v) is 11.0. The molecule has 2 N–H and O–H groups in total. The van der Waals surface area contributed by atoms with Gasteiger partial charge in [0.2, 0.25) is 5.89 Å². The summed E-state index contributed by atoms with van der Waals surface area (Å²) < 4.78 is 4.98. The van der Waals surface area contributed by atoms with Gasteiger partial charge in [0, 0.05) is 32.1 Å². The number of nitrogens with zero attached hydrogens (tertiary/aromatic N) is 3. The summed E-state index contributed by atoms with van der Waals surface area (Å²) in [7, 11) is 0. The lowest BCUT2D eigenvalue weighted by atomic mass is 9.97. The Morgan fingerprint density at radius 1 is 1.55 bits per heavy atom. The molecule has 0 aromatic carbocycles. The van der Waals surface area contributed by atoms with Crippen LogP contribution in [0.3, 0.4) is 0 Å². The summed E-state index contributed by atoms with van der Waals surface area (Å²) in [4.78, 5) is 34.2. The van der Waals surface area contributed by atoms with Crippen LogP contribution in [0.2, 0.25) is 0 Å². The van der Waals surface area contributed by atoms with Gasteiger partial charge in [0.1, 0.15) is 5.69 Å². The molecule has 3 heterocycles. The summed E-state index contributed by atoms with van der Waals surface area (Å²) in [5.74, 6) is 1.06. The third-order valence-electron chi connectivity index (χ3n) is 3.44. The average molecular weight is 277 g/mol. The first-order valence-corrected chi connectivity index (χ1v) is 6.50. The second kappa shape index (κ2) is 4.95. The highest BCUT2D eigenvalue weighted by Crippen LogP contribution is 2.25. The molecule has 1 aliphatic rings. The van der Waals surface area contributed by atoms with Crippen molar-refractivity contribution in [3.63, 3.8) is 0 Å². The number of aryl methyl sites for hydroxylation is 1. The molecule has 2 aromatic rings. The number of carbonyl (C=O) groups excluding carboxylic acids is 1. The topological polar surface area (TPSA) is 108 Å². The molecule has 0 bridgehead atoms. The van der Waals surface area contributed by atoms with Crippen molar-refractivity contribution in [3.8, 4) is 0 Å². The molecule has 3 rings (SSSR count). The van der Waals surface area contributed by atoms with Crippen LogP contribution in [0.1, 0.15) is 41.0 Å². The Hall–Kier alpha value is -2.38. The Balaban J connectivity index is 1.75. The molecular formula is C12H15N5O3. The van der Waals surface area contributed by atoms with Gasteiger partial charge in [-0.25, -0.2) is 4.79 Å². The quantitative estimate of drug-likeness (QED) is 0.826. The number of carbonyl (C=O) groups is 1. The molecule has 0 unspecified atom stereocenters. The van der Waals surface area contributed by atoms with Crippen molar-refractivity contribution in [3.05, 3.63) is 34.1 Å². The van der Waals surface area contributed by atoms with Gasteiger partial charge in [0.15, 0.2) is 5.82 Å². The molecule has 20 heavy (non-hydrogen) atoms. The fourth-order valence-electron chi connectivity index (χ4n) is 2.47. The zero-order valence-electron chi connectivity index (χ0n) is 11.0. The second-order valence-electron chi connectivity index (χ2n) is 4.92. The number of imidazole rings is 1. The van der Waals surface area contributed by atoms with E-state index in [4.69, 9.17) is 4.52 Å². The maximum absolute atomic E-state index is 12.3. The Bertz CT molecular complexity index is 670. The third-order valence-corrected chi connectivity index (χ3v) is 3.44. The summed E-state index contributed by atoms with van der Waals surface area (Å²) in [6.07, 6.45) is 3.19. The van der Waals surface area contributed by atoms with Crippen LogP contribution < -0.4 is 5.69 Å². The van der Waals surface area contributed by atoms with E-state index in [2.05, 4.69) is 20.1 Å². The summed E-state index contributed by atoms with van der Waals surface area (Å²) in [6.45, 7) is 2.94. The molecule has 0 saturated carbocycles. The number of hydrogen-bond donors (Lipinski definition) is 2. The van der Waals surface area contributed by atoms with Gasteiger partial charge in [-0.3, -0.25) is 4.79 Å². The van der Waals surface area contributed by atoms with Crippen LogP contribution >= 0.6 is 0 Å². The van der Waals surface area contributed by atoms with Crippen molar-refractivity contribution >= 4 is 5.91 Å². The SMILES string of the molecule is Cc1nc([C@H]2CCCN(C(=O)c3c[nH]c(=O)[nH]3)C2)no1. The molecule has 1 fully saturated rings. The summed E-state index contributed by atoms with van der Waals surface area (Å²) in [5, 5.41) is 3.92. The largest absolute Gasteiger partial charge is 0.340 e. The van der Waals surface area contributed by atoms with Crippen LogP contribution in [0.5, 0.6) is 0 Å². The zero-order chi connectivity index (χ0) is 14.1.